The first-order valence-corrected chi connectivity index (χ1v) is 18.1. The average Bonchev–Trinajstić information content (AvgIpc) is 3.59. The van der Waals surface area contributed by atoms with Crippen molar-refractivity contribution in [2.45, 2.75) is 110 Å². The summed E-state index contributed by atoms with van der Waals surface area (Å²) in [7, 11) is 0. The van der Waals surface area contributed by atoms with Gasteiger partial charge in [0.1, 0.15) is 30.5 Å². The number of unbranched alkanes of at least 4 members (excludes halogenated alkanes) is 4. The lowest BCUT2D eigenvalue weighted by Gasteiger charge is -2.30. The first-order chi connectivity index (χ1) is 24.1. The van der Waals surface area contributed by atoms with Crippen molar-refractivity contribution in [1.82, 2.24) is 26.2 Å². The molecule has 4 amide bonds. The van der Waals surface area contributed by atoms with E-state index in [0.29, 0.717) is 51.1 Å². The number of nitrogens with two attached hydrogens (primary N) is 1. The molecule has 3 atom stereocenters. The largest absolute Gasteiger partial charge is 0.489 e. The molecule has 0 aliphatic carbocycles. The Balaban J connectivity index is 1.71. The number of hydrogen-bond donors (Lipinski definition) is 6. The highest BCUT2D eigenvalue weighted by molar-refractivity contribution is 5.94. The molecule has 1 heterocycles. The van der Waals surface area contributed by atoms with Crippen LogP contribution in [0.25, 0.3) is 0 Å². The monoisotopic (exact) mass is 691 g/mol. The molecule has 0 bridgehead atoms. The number of nitrogens with one attached hydrogen (secondary N) is 5. The van der Waals surface area contributed by atoms with Gasteiger partial charge in [0.15, 0.2) is 5.96 Å². The van der Waals surface area contributed by atoms with E-state index in [9.17, 15) is 19.2 Å². The van der Waals surface area contributed by atoms with E-state index in [1.54, 1.807) is 4.90 Å². The van der Waals surface area contributed by atoms with E-state index in [2.05, 4.69) is 28.2 Å². The Labute approximate surface area is 297 Å². The zero-order chi connectivity index (χ0) is 36.3. The van der Waals surface area contributed by atoms with Crippen LogP contribution >= 0.6 is 0 Å². The van der Waals surface area contributed by atoms with Gasteiger partial charge in [-0.15, -0.1) is 0 Å². The Bertz CT molecular complexity index is 1370. The van der Waals surface area contributed by atoms with Gasteiger partial charge >= 0.3 is 0 Å². The highest BCUT2D eigenvalue weighted by atomic mass is 16.5. The van der Waals surface area contributed by atoms with Crippen molar-refractivity contribution >= 4 is 29.6 Å². The maximum absolute atomic E-state index is 14.0. The minimum atomic E-state index is -0.900. The molecular weight excluding hydrogens is 634 g/mol. The van der Waals surface area contributed by atoms with Crippen LogP contribution in [-0.4, -0.2) is 72.2 Å². The zero-order valence-corrected chi connectivity index (χ0v) is 30.0. The number of ether oxygens (including phenoxy) is 1. The molecule has 12 nitrogen and oxygen atoms in total. The van der Waals surface area contributed by atoms with Gasteiger partial charge in [-0.1, -0.05) is 88.9 Å². The molecule has 2 aromatic carbocycles. The molecule has 0 saturated carbocycles. The summed E-state index contributed by atoms with van der Waals surface area (Å²) >= 11 is 0. The molecule has 2 aromatic rings. The lowest BCUT2D eigenvalue weighted by atomic mass is 10.00. The van der Waals surface area contributed by atoms with E-state index in [1.807, 2.05) is 68.4 Å². The van der Waals surface area contributed by atoms with Crippen LogP contribution < -0.4 is 31.7 Å². The van der Waals surface area contributed by atoms with Crippen LogP contribution in [0.15, 0.2) is 54.6 Å². The van der Waals surface area contributed by atoms with Gasteiger partial charge in [0, 0.05) is 32.5 Å². The number of hydrogen-bond acceptors (Lipinski definition) is 6. The number of carbonyl (C=O) groups is 4. The Morgan fingerprint density at radius 3 is 2.28 bits per heavy atom. The molecule has 12 heteroatoms. The van der Waals surface area contributed by atoms with Crippen molar-refractivity contribution in [3.63, 3.8) is 0 Å². The van der Waals surface area contributed by atoms with Crippen molar-refractivity contribution in [2.24, 2.45) is 11.7 Å². The highest BCUT2D eigenvalue weighted by Gasteiger charge is 2.38. The molecule has 7 N–H and O–H groups in total. The van der Waals surface area contributed by atoms with Crippen LogP contribution in [0, 0.1) is 11.3 Å². The molecule has 0 radical (unpaired) electrons. The highest BCUT2D eigenvalue weighted by Crippen LogP contribution is 2.21. The van der Waals surface area contributed by atoms with Gasteiger partial charge in [0.25, 0.3) is 0 Å². The lowest BCUT2D eigenvalue weighted by molar-refractivity contribution is -0.142. The maximum Gasteiger partial charge on any atom is 0.245 e. The Hall–Kier alpha value is -4.61. The van der Waals surface area contributed by atoms with Crippen molar-refractivity contribution in [1.29, 1.82) is 5.41 Å². The number of rotatable bonds is 21. The second-order valence-corrected chi connectivity index (χ2v) is 13.4. The molecular formula is C38H57N7O5. The molecule has 0 unspecified atom stereocenters. The molecule has 3 rings (SSSR count). The number of nitrogens with zero attached hydrogens (tertiary/aromatic N) is 1. The molecule has 50 heavy (non-hydrogen) atoms. The summed E-state index contributed by atoms with van der Waals surface area (Å²) in [5, 5.41) is 18.6. The Morgan fingerprint density at radius 1 is 0.900 bits per heavy atom. The van der Waals surface area contributed by atoms with E-state index < -0.39 is 24.0 Å². The van der Waals surface area contributed by atoms with Crippen molar-refractivity contribution in [3.05, 3.63) is 65.7 Å². The van der Waals surface area contributed by atoms with E-state index in [1.165, 1.54) is 0 Å². The van der Waals surface area contributed by atoms with Crippen molar-refractivity contribution in [2.75, 3.05) is 19.6 Å². The van der Waals surface area contributed by atoms with Crippen molar-refractivity contribution in [3.8, 4) is 5.75 Å². The zero-order valence-electron chi connectivity index (χ0n) is 30.0. The molecule has 0 spiro atoms. The molecule has 274 valence electrons. The normalized spacial score (nSPS) is 15.2. The second-order valence-electron chi connectivity index (χ2n) is 13.4. The van der Waals surface area contributed by atoms with E-state index in [4.69, 9.17) is 15.9 Å². The second kappa shape index (κ2) is 21.5. The number of amides is 4. The Kier molecular flexibility index (Phi) is 17.1. The summed E-state index contributed by atoms with van der Waals surface area (Å²) in [6.45, 7) is 7.48. The fourth-order valence-corrected chi connectivity index (χ4v) is 6.03. The van der Waals surface area contributed by atoms with Crippen LogP contribution in [-0.2, 0) is 32.2 Å². The van der Waals surface area contributed by atoms with Crippen LogP contribution in [0.5, 0.6) is 5.75 Å². The standard InChI is InChI=1S/C38H57N7O5/c1-4-5-6-7-11-16-34(46)43-31(25-28-17-19-30(20-18-28)50-26-29-13-9-8-10-14-29)35(47)44-32(24-27(2)3)37(49)45-23-12-15-33(45)36(48)41-21-22-42-38(39)40/h8-10,13-14,17-20,27,31-33H,4-7,11-12,15-16,21-26H2,1-3H3,(H,41,48)(H,43,46)(H,44,47)(H4,39,40,42)/t31-,32-,33-/m0/s1. The summed E-state index contributed by atoms with van der Waals surface area (Å²) in [4.78, 5) is 55.6. The van der Waals surface area contributed by atoms with Crippen LogP contribution in [0.3, 0.4) is 0 Å². The molecule has 1 fully saturated rings. The SMILES string of the molecule is CCCCCCCC(=O)N[C@@H](Cc1ccc(OCc2ccccc2)cc1)C(=O)N[C@@H](CC(C)C)C(=O)N1CCC[C@H]1C(=O)NCCNC(=N)N. The van der Waals surface area contributed by atoms with E-state index in [-0.39, 0.29) is 42.6 Å². The molecule has 1 saturated heterocycles. The summed E-state index contributed by atoms with van der Waals surface area (Å²) < 4.78 is 5.93. The summed E-state index contributed by atoms with van der Waals surface area (Å²) in [5.41, 5.74) is 7.20. The van der Waals surface area contributed by atoms with Gasteiger partial charge < -0.3 is 36.6 Å². The van der Waals surface area contributed by atoms with E-state index in [0.717, 1.165) is 43.2 Å². The average molecular weight is 692 g/mol. The first-order valence-electron chi connectivity index (χ1n) is 18.1. The summed E-state index contributed by atoms with van der Waals surface area (Å²) in [5.74, 6) is -0.651. The summed E-state index contributed by atoms with van der Waals surface area (Å²) in [6.07, 6.45) is 7.11. The number of carbonyl (C=O) groups excluding carboxylic acids is 4. The third kappa shape index (κ3) is 14.1. The predicted octanol–water partition coefficient (Wildman–Crippen LogP) is 3.77. The van der Waals surface area contributed by atoms with Gasteiger partial charge in [0.05, 0.1) is 0 Å². The quantitative estimate of drug-likeness (QED) is 0.0655. The Morgan fingerprint density at radius 2 is 1.60 bits per heavy atom. The lowest BCUT2D eigenvalue weighted by Crippen LogP contribution is -2.57. The maximum atomic E-state index is 14.0. The summed E-state index contributed by atoms with van der Waals surface area (Å²) in [6, 6.07) is 14.9. The predicted molar refractivity (Wildman–Crippen MR) is 195 cm³/mol. The first kappa shape index (κ1) is 39.8. The number of benzene rings is 2. The molecule has 1 aliphatic rings. The third-order valence-corrected chi connectivity index (χ3v) is 8.67. The fraction of sp³-hybridized carbons (Fsp3) is 0.553. The van der Waals surface area contributed by atoms with Crippen molar-refractivity contribution < 1.29 is 23.9 Å². The van der Waals surface area contributed by atoms with Gasteiger partial charge in [-0.25, -0.2) is 0 Å². The minimum Gasteiger partial charge on any atom is -0.489 e. The topological polar surface area (TPSA) is 179 Å². The molecule has 0 aromatic heterocycles. The third-order valence-electron chi connectivity index (χ3n) is 8.67. The minimum absolute atomic E-state index is 0.0800. The number of guanidine groups is 1. The smallest absolute Gasteiger partial charge is 0.245 e. The molecule has 1 aliphatic heterocycles. The van der Waals surface area contributed by atoms with Gasteiger partial charge in [0.2, 0.25) is 23.6 Å². The van der Waals surface area contributed by atoms with Crippen LogP contribution in [0.1, 0.15) is 89.7 Å². The van der Waals surface area contributed by atoms with Gasteiger partial charge in [-0.2, -0.15) is 0 Å². The van der Waals surface area contributed by atoms with Gasteiger partial charge in [-0.3, -0.25) is 24.6 Å². The number of likely N-dealkylation sites (tertiary alicyclic amines) is 1. The fourth-order valence-electron chi connectivity index (χ4n) is 6.03. The van der Waals surface area contributed by atoms with Crippen LogP contribution in [0.2, 0.25) is 0 Å². The van der Waals surface area contributed by atoms with E-state index >= 15 is 0 Å². The van der Waals surface area contributed by atoms with Crippen LogP contribution in [0.4, 0.5) is 0 Å². The van der Waals surface area contributed by atoms with Gasteiger partial charge in [-0.05, 0) is 54.9 Å².